The summed E-state index contributed by atoms with van der Waals surface area (Å²) in [6.45, 7) is 4.77. The number of rotatable bonds is 5. The first-order chi connectivity index (χ1) is 12.0. The number of guanidine groups is 1. The molecule has 7 nitrogen and oxygen atoms in total. The average molecular weight is 496 g/mol. The highest BCUT2D eigenvalue weighted by atomic mass is 127. The van der Waals surface area contributed by atoms with E-state index in [1.54, 1.807) is 7.05 Å². The summed E-state index contributed by atoms with van der Waals surface area (Å²) < 4.78 is 29.1. The minimum absolute atomic E-state index is 0. The zero-order valence-corrected chi connectivity index (χ0v) is 18.5. The maximum Gasteiger partial charge on any atom is 0.191 e. The number of sulfone groups is 1. The summed E-state index contributed by atoms with van der Waals surface area (Å²) in [5, 5.41) is 6.59. The first-order valence-electron chi connectivity index (χ1n) is 8.95. The van der Waals surface area contributed by atoms with Crippen molar-refractivity contribution in [1.29, 1.82) is 0 Å². The van der Waals surface area contributed by atoms with Crippen molar-refractivity contribution < 1.29 is 12.8 Å². The number of aliphatic imine (C=N–C) groups is 1. The molecule has 3 rings (SSSR count). The zero-order valence-electron chi connectivity index (χ0n) is 15.4. The number of nitrogens with one attached hydrogen (secondary N) is 2. The predicted molar refractivity (Wildman–Crippen MR) is 114 cm³/mol. The van der Waals surface area contributed by atoms with Gasteiger partial charge in [-0.15, -0.1) is 24.0 Å². The van der Waals surface area contributed by atoms with Crippen LogP contribution in [0.5, 0.6) is 0 Å². The van der Waals surface area contributed by atoms with Crippen molar-refractivity contribution in [3.63, 3.8) is 0 Å². The Morgan fingerprint density at radius 2 is 2.12 bits per heavy atom. The molecule has 0 spiro atoms. The molecule has 1 aromatic rings. The number of nitrogens with zero attached hydrogens (tertiary/aromatic N) is 2. The zero-order chi connectivity index (χ0) is 17.9. The first-order valence-corrected chi connectivity index (χ1v) is 10.8. The van der Waals surface area contributed by atoms with Gasteiger partial charge in [0, 0.05) is 19.6 Å². The highest BCUT2D eigenvalue weighted by Crippen LogP contribution is 2.26. The van der Waals surface area contributed by atoms with Gasteiger partial charge in [-0.1, -0.05) is 0 Å². The number of likely N-dealkylation sites (tertiary alicyclic amines) is 1. The molecule has 0 saturated carbocycles. The van der Waals surface area contributed by atoms with Crippen LogP contribution in [0.4, 0.5) is 0 Å². The average Bonchev–Trinajstić information content (AvgIpc) is 3.29. The van der Waals surface area contributed by atoms with Gasteiger partial charge >= 0.3 is 0 Å². The van der Waals surface area contributed by atoms with E-state index >= 15 is 0 Å². The van der Waals surface area contributed by atoms with Gasteiger partial charge in [-0.2, -0.15) is 0 Å². The van der Waals surface area contributed by atoms with E-state index in [-0.39, 0.29) is 47.6 Å². The van der Waals surface area contributed by atoms with Crippen LogP contribution in [0, 0.1) is 6.92 Å². The molecular weight excluding hydrogens is 467 g/mol. The third-order valence-electron chi connectivity index (χ3n) is 4.93. The van der Waals surface area contributed by atoms with Gasteiger partial charge in [0.05, 0.1) is 17.5 Å². The Kier molecular flexibility index (Phi) is 7.77. The van der Waals surface area contributed by atoms with Gasteiger partial charge in [0.2, 0.25) is 0 Å². The molecule has 0 aliphatic carbocycles. The lowest BCUT2D eigenvalue weighted by molar-refractivity contribution is 0.213. The molecule has 0 amide bonds. The van der Waals surface area contributed by atoms with Crippen LogP contribution >= 0.6 is 24.0 Å². The number of furan rings is 1. The minimum Gasteiger partial charge on any atom is -0.465 e. The molecule has 2 unspecified atom stereocenters. The van der Waals surface area contributed by atoms with Crippen molar-refractivity contribution in [2.45, 2.75) is 38.3 Å². The van der Waals surface area contributed by atoms with Crippen LogP contribution < -0.4 is 10.6 Å². The molecular formula is C17H29IN4O3S. The monoisotopic (exact) mass is 496 g/mol. The fourth-order valence-corrected chi connectivity index (χ4v) is 5.26. The summed E-state index contributed by atoms with van der Waals surface area (Å²) in [5.74, 6) is 2.96. The maximum atomic E-state index is 11.6. The lowest BCUT2D eigenvalue weighted by Gasteiger charge is -2.27. The van der Waals surface area contributed by atoms with E-state index in [0.717, 1.165) is 24.6 Å². The Bertz CT molecular complexity index is 713. The number of hydrogen-bond acceptors (Lipinski definition) is 5. The van der Waals surface area contributed by atoms with Crippen LogP contribution in [0.15, 0.2) is 21.5 Å². The SMILES string of the molecule is CN=C(NCC(c1ccc(C)o1)N1CCCC1)NC1CCS(=O)(=O)C1.I. The van der Waals surface area contributed by atoms with Gasteiger partial charge in [0.1, 0.15) is 11.5 Å². The molecule has 26 heavy (non-hydrogen) atoms. The molecule has 9 heteroatoms. The summed E-state index contributed by atoms with van der Waals surface area (Å²) in [6, 6.07) is 4.13. The first kappa shape index (κ1) is 21.5. The molecule has 2 fully saturated rings. The molecule has 2 saturated heterocycles. The van der Waals surface area contributed by atoms with Crippen LogP contribution in [0.25, 0.3) is 0 Å². The number of aryl methyl sites for hydroxylation is 1. The fraction of sp³-hybridized carbons (Fsp3) is 0.706. The summed E-state index contributed by atoms with van der Waals surface area (Å²) in [5.41, 5.74) is 0. The summed E-state index contributed by atoms with van der Waals surface area (Å²) >= 11 is 0. The topological polar surface area (TPSA) is 86.9 Å². The molecule has 2 aliphatic rings. The van der Waals surface area contributed by atoms with Crippen LogP contribution in [0.2, 0.25) is 0 Å². The van der Waals surface area contributed by atoms with E-state index in [1.165, 1.54) is 12.8 Å². The predicted octanol–water partition coefficient (Wildman–Crippen LogP) is 1.70. The van der Waals surface area contributed by atoms with Crippen molar-refractivity contribution in [2.24, 2.45) is 4.99 Å². The minimum atomic E-state index is -2.90. The van der Waals surface area contributed by atoms with Gasteiger partial charge in [0.25, 0.3) is 0 Å². The molecule has 2 N–H and O–H groups in total. The van der Waals surface area contributed by atoms with Crippen LogP contribution in [-0.4, -0.2) is 63.5 Å². The summed E-state index contributed by atoms with van der Waals surface area (Å²) in [7, 11) is -1.19. The van der Waals surface area contributed by atoms with Crippen molar-refractivity contribution in [2.75, 3.05) is 38.2 Å². The summed E-state index contributed by atoms with van der Waals surface area (Å²) in [4.78, 5) is 6.68. The number of hydrogen-bond donors (Lipinski definition) is 2. The van der Waals surface area contributed by atoms with Crippen molar-refractivity contribution in [1.82, 2.24) is 15.5 Å². The molecule has 0 aromatic carbocycles. The lowest BCUT2D eigenvalue weighted by atomic mass is 10.2. The van der Waals surface area contributed by atoms with Crippen molar-refractivity contribution in [3.05, 3.63) is 23.7 Å². The van der Waals surface area contributed by atoms with E-state index in [2.05, 4.69) is 20.5 Å². The van der Waals surface area contributed by atoms with Crippen molar-refractivity contribution in [3.8, 4) is 0 Å². The van der Waals surface area contributed by atoms with Crippen LogP contribution in [0.3, 0.4) is 0 Å². The molecule has 0 radical (unpaired) electrons. The van der Waals surface area contributed by atoms with Gasteiger partial charge in [0.15, 0.2) is 15.8 Å². The van der Waals surface area contributed by atoms with Gasteiger partial charge in [-0.25, -0.2) is 8.42 Å². The van der Waals surface area contributed by atoms with Gasteiger partial charge in [-0.3, -0.25) is 9.89 Å². The molecule has 148 valence electrons. The largest absolute Gasteiger partial charge is 0.465 e. The fourth-order valence-electron chi connectivity index (χ4n) is 3.59. The van der Waals surface area contributed by atoms with Crippen LogP contribution in [-0.2, 0) is 9.84 Å². The van der Waals surface area contributed by atoms with Gasteiger partial charge < -0.3 is 15.1 Å². The lowest BCUT2D eigenvalue weighted by Crippen LogP contribution is -2.46. The second kappa shape index (κ2) is 9.41. The molecule has 2 aliphatic heterocycles. The Labute approximate surface area is 172 Å². The van der Waals surface area contributed by atoms with E-state index < -0.39 is 9.84 Å². The van der Waals surface area contributed by atoms with E-state index in [4.69, 9.17) is 4.42 Å². The second-order valence-corrected chi connectivity index (χ2v) is 9.13. The highest BCUT2D eigenvalue weighted by Gasteiger charge is 2.29. The van der Waals surface area contributed by atoms with Crippen LogP contribution in [0.1, 0.15) is 36.8 Å². The Balaban J connectivity index is 0.00000243. The van der Waals surface area contributed by atoms with E-state index in [9.17, 15) is 8.42 Å². The standard InChI is InChI=1S/C17H28N4O3S.HI/c1-13-5-6-16(24-13)15(21-8-3-4-9-21)11-19-17(18-2)20-14-7-10-25(22,23)12-14;/h5-6,14-15H,3-4,7-12H2,1-2H3,(H2,18,19,20);1H. The third kappa shape index (κ3) is 5.59. The Morgan fingerprint density at radius 3 is 2.65 bits per heavy atom. The molecule has 2 atom stereocenters. The Morgan fingerprint density at radius 1 is 1.38 bits per heavy atom. The quantitative estimate of drug-likeness (QED) is 0.367. The second-order valence-electron chi connectivity index (χ2n) is 6.90. The van der Waals surface area contributed by atoms with E-state index in [0.29, 0.717) is 18.9 Å². The Hall–Kier alpha value is -0.810. The van der Waals surface area contributed by atoms with Gasteiger partial charge in [-0.05, 0) is 51.4 Å². The molecule has 1 aromatic heterocycles. The van der Waals surface area contributed by atoms with E-state index in [1.807, 2.05) is 19.1 Å². The number of halogens is 1. The summed E-state index contributed by atoms with van der Waals surface area (Å²) in [6.07, 6.45) is 3.06. The normalized spacial score (nSPS) is 24.2. The molecule has 3 heterocycles. The maximum absolute atomic E-state index is 11.6. The van der Waals surface area contributed by atoms with Crippen molar-refractivity contribution >= 4 is 39.8 Å². The smallest absolute Gasteiger partial charge is 0.191 e. The third-order valence-corrected chi connectivity index (χ3v) is 6.70. The molecule has 0 bridgehead atoms. The highest BCUT2D eigenvalue weighted by molar-refractivity contribution is 14.0.